The second-order valence-corrected chi connectivity index (χ2v) is 9.66. The molecule has 0 aliphatic heterocycles. The summed E-state index contributed by atoms with van der Waals surface area (Å²) in [7, 11) is -0.465. The lowest BCUT2D eigenvalue weighted by atomic mass is 10.0. The minimum absolute atomic E-state index is 0.0107. The number of esters is 1. The smallest absolute Gasteiger partial charge is 0.345 e. The van der Waals surface area contributed by atoms with Crippen LogP contribution in [0, 0.1) is 18.2 Å². The molecule has 4 rings (SSSR count). The normalized spacial score (nSPS) is 14.7. The third-order valence-corrected chi connectivity index (χ3v) is 7.64. The van der Waals surface area contributed by atoms with Crippen molar-refractivity contribution in [2.24, 2.45) is 0 Å². The topological polar surface area (TPSA) is 35.5 Å². The summed E-state index contributed by atoms with van der Waals surface area (Å²) in [4.78, 5) is 15.2. The zero-order valence-corrected chi connectivity index (χ0v) is 18.4. The molecule has 0 unspecified atom stereocenters. The van der Waals surface area contributed by atoms with Crippen LogP contribution in [0.3, 0.4) is 0 Å². The third-order valence-electron chi connectivity index (χ3n) is 5.43. The van der Waals surface area contributed by atoms with Gasteiger partial charge in [-0.3, -0.25) is 0 Å². The van der Waals surface area contributed by atoms with Gasteiger partial charge in [0.2, 0.25) is 0 Å². The van der Waals surface area contributed by atoms with Crippen molar-refractivity contribution >= 4 is 16.9 Å². The highest BCUT2D eigenvalue weighted by molar-refractivity contribution is 7.97. The molecule has 0 aromatic heterocycles. The molecular weight excluding hydrogens is 423 g/mol. The van der Waals surface area contributed by atoms with Gasteiger partial charge in [0.05, 0.1) is 10.9 Å². The summed E-state index contributed by atoms with van der Waals surface area (Å²) in [6.07, 6.45) is 8.73. The average molecular weight is 448 g/mol. The Kier molecular flexibility index (Phi) is 6.82. The van der Waals surface area contributed by atoms with Gasteiger partial charge in [0, 0.05) is 6.07 Å². The van der Waals surface area contributed by atoms with E-state index in [9.17, 15) is 9.18 Å². The number of carbonyl (C=O) groups excluding carboxylic acids is 1. The average Bonchev–Trinajstić information content (AvgIpc) is 3.29. The van der Waals surface area contributed by atoms with E-state index in [0.717, 1.165) is 27.5 Å². The van der Waals surface area contributed by atoms with Crippen LogP contribution in [0.2, 0.25) is 0 Å². The summed E-state index contributed by atoms with van der Waals surface area (Å²) in [6.45, 7) is -0.386. The van der Waals surface area contributed by atoms with Crippen molar-refractivity contribution < 1.29 is 18.7 Å². The Labute approximate surface area is 190 Å². The fraction of sp³-hybridized carbons (Fsp3) is 0.222. The molecule has 0 amide bonds. The maximum Gasteiger partial charge on any atom is 0.345 e. The van der Waals surface area contributed by atoms with Crippen LogP contribution in [-0.2, 0) is 20.4 Å². The van der Waals surface area contributed by atoms with Crippen molar-refractivity contribution in [3.05, 3.63) is 84.7 Å². The number of terminal acetylenes is 1. The first-order valence-electron chi connectivity index (χ1n) is 10.6. The molecule has 1 aliphatic rings. The van der Waals surface area contributed by atoms with E-state index in [1.165, 1.54) is 6.07 Å². The number of rotatable bonds is 7. The van der Waals surface area contributed by atoms with Gasteiger partial charge in [0.15, 0.2) is 38.5 Å². The SMILES string of the molecule is C#CC1(OC(=O)COc2ccc([S+](c3ccccc3)c3ccccc3)cc2F)CCCC1. The number of hydrogen-bond donors (Lipinski definition) is 0. The van der Waals surface area contributed by atoms with E-state index in [4.69, 9.17) is 15.9 Å². The molecule has 0 heterocycles. The monoisotopic (exact) mass is 447 g/mol. The molecule has 32 heavy (non-hydrogen) atoms. The molecule has 1 saturated carbocycles. The Bertz CT molecular complexity index is 1060. The van der Waals surface area contributed by atoms with E-state index < -0.39 is 28.3 Å². The molecule has 3 nitrogen and oxygen atoms in total. The van der Waals surface area contributed by atoms with Crippen molar-refractivity contribution in [1.29, 1.82) is 0 Å². The number of benzene rings is 3. The van der Waals surface area contributed by atoms with Crippen molar-refractivity contribution in [3.63, 3.8) is 0 Å². The van der Waals surface area contributed by atoms with E-state index in [0.29, 0.717) is 12.8 Å². The Hall–Kier alpha value is -3.23. The highest BCUT2D eigenvalue weighted by Crippen LogP contribution is 2.34. The largest absolute Gasteiger partial charge is 0.479 e. The molecule has 1 fully saturated rings. The summed E-state index contributed by atoms with van der Waals surface area (Å²) in [5.74, 6) is 1.50. The van der Waals surface area contributed by atoms with Gasteiger partial charge in [-0.05, 0) is 62.1 Å². The van der Waals surface area contributed by atoms with Crippen LogP contribution < -0.4 is 4.74 Å². The highest BCUT2D eigenvalue weighted by atomic mass is 32.2. The Balaban J connectivity index is 1.50. The quantitative estimate of drug-likeness (QED) is 0.261. The second-order valence-electron chi connectivity index (χ2n) is 7.63. The number of carbonyl (C=O) groups is 1. The van der Waals surface area contributed by atoms with Crippen LogP contribution >= 0.6 is 0 Å². The molecule has 0 atom stereocenters. The standard InChI is InChI=1S/C27H24FO3S/c1-2-27(17-9-10-18-27)31-26(29)20-30-25-16-15-23(19-24(25)28)32(21-11-5-3-6-12-21)22-13-7-4-8-14-22/h1,3-8,11-16,19H,9-10,17-18,20H2/q+1. The first-order valence-corrected chi connectivity index (χ1v) is 11.8. The highest BCUT2D eigenvalue weighted by Gasteiger charge is 2.36. The van der Waals surface area contributed by atoms with E-state index >= 15 is 0 Å². The summed E-state index contributed by atoms with van der Waals surface area (Å²) in [5.41, 5.74) is -0.845. The van der Waals surface area contributed by atoms with Gasteiger partial charge < -0.3 is 9.47 Å². The van der Waals surface area contributed by atoms with Gasteiger partial charge in [-0.25, -0.2) is 9.18 Å². The van der Waals surface area contributed by atoms with Crippen LogP contribution in [0.4, 0.5) is 4.39 Å². The molecule has 0 bridgehead atoms. The fourth-order valence-corrected chi connectivity index (χ4v) is 5.95. The van der Waals surface area contributed by atoms with Gasteiger partial charge >= 0.3 is 5.97 Å². The first kappa shape index (κ1) is 22.0. The van der Waals surface area contributed by atoms with Gasteiger partial charge in [-0.2, -0.15) is 0 Å². The second kappa shape index (κ2) is 9.93. The number of halogens is 1. The zero-order valence-electron chi connectivity index (χ0n) is 17.6. The van der Waals surface area contributed by atoms with E-state index in [-0.39, 0.29) is 12.4 Å². The molecule has 1 aliphatic carbocycles. The lowest BCUT2D eigenvalue weighted by molar-refractivity contribution is -0.156. The summed E-state index contributed by atoms with van der Waals surface area (Å²) >= 11 is 0. The van der Waals surface area contributed by atoms with E-state index in [1.54, 1.807) is 6.07 Å². The lowest BCUT2D eigenvalue weighted by Gasteiger charge is -2.22. The first-order chi connectivity index (χ1) is 15.6. The predicted octanol–water partition coefficient (Wildman–Crippen LogP) is 5.79. The zero-order chi connectivity index (χ0) is 22.4. The summed E-state index contributed by atoms with van der Waals surface area (Å²) in [6, 6.07) is 24.9. The van der Waals surface area contributed by atoms with E-state index in [1.807, 2.05) is 66.7 Å². The molecule has 0 N–H and O–H groups in total. The molecule has 3 aromatic carbocycles. The minimum Gasteiger partial charge on any atom is -0.479 e. The molecule has 162 valence electrons. The Morgan fingerprint density at radius 1 is 0.938 bits per heavy atom. The molecule has 0 saturated heterocycles. The Morgan fingerprint density at radius 2 is 1.53 bits per heavy atom. The molecule has 3 aromatic rings. The minimum atomic E-state index is -0.845. The van der Waals surface area contributed by atoms with Crippen LogP contribution in [-0.4, -0.2) is 18.2 Å². The molecule has 0 radical (unpaired) electrons. The van der Waals surface area contributed by atoms with Crippen LogP contribution in [0.15, 0.2) is 93.5 Å². The number of hydrogen-bond acceptors (Lipinski definition) is 3. The lowest BCUT2D eigenvalue weighted by Crippen LogP contribution is -2.32. The van der Waals surface area contributed by atoms with Gasteiger partial charge in [-0.15, -0.1) is 6.42 Å². The maximum absolute atomic E-state index is 14.9. The van der Waals surface area contributed by atoms with E-state index in [2.05, 4.69) is 5.92 Å². The summed E-state index contributed by atoms with van der Waals surface area (Å²) in [5, 5.41) is 0. The van der Waals surface area contributed by atoms with Gasteiger partial charge in [0.25, 0.3) is 0 Å². The van der Waals surface area contributed by atoms with Crippen LogP contribution in [0.5, 0.6) is 5.75 Å². The van der Waals surface area contributed by atoms with Crippen LogP contribution in [0.25, 0.3) is 0 Å². The number of ether oxygens (including phenoxy) is 2. The molecule has 0 spiro atoms. The van der Waals surface area contributed by atoms with Gasteiger partial charge in [-0.1, -0.05) is 42.3 Å². The predicted molar refractivity (Wildman–Crippen MR) is 123 cm³/mol. The van der Waals surface area contributed by atoms with Crippen molar-refractivity contribution in [2.75, 3.05) is 6.61 Å². The third kappa shape index (κ3) is 4.98. The maximum atomic E-state index is 14.9. The van der Waals surface area contributed by atoms with Crippen molar-refractivity contribution in [1.82, 2.24) is 0 Å². The van der Waals surface area contributed by atoms with Crippen LogP contribution in [0.1, 0.15) is 25.7 Å². The molecule has 5 heteroatoms. The fourth-order valence-electron chi connectivity index (χ4n) is 3.85. The Morgan fingerprint density at radius 3 is 2.06 bits per heavy atom. The van der Waals surface area contributed by atoms with Crippen molar-refractivity contribution in [3.8, 4) is 18.1 Å². The summed E-state index contributed by atoms with van der Waals surface area (Å²) < 4.78 is 25.8. The van der Waals surface area contributed by atoms with Gasteiger partial charge in [0.1, 0.15) is 0 Å². The molecular formula is C27H24FO3S+. The van der Waals surface area contributed by atoms with Crippen molar-refractivity contribution in [2.45, 2.75) is 46.0 Å².